The van der Waals surface area contributed by atoms with E-state index in [0.29, 0.717) is 22.3 Å². The van der Waals surface area contributed by atoms with Crippen LogP contribution in [0.1, 0.15) is 22.3 Å². The number of hydrogen-bond donors (Lipinski definition) is 2. The summed E-state index contributed by atoms with van der Waals surface area (Å²) in [6.45, 7) is -5.66. The Kier molecular flexibility index (Phi) is 10.4. The highest BCUT2D eigenvalue weighted by molar-refractivity contribution is 9.10. The van der Waals surface area contributed by atoms with Crippen LogP contribution in [0.25, 0.3) is 0 Å². The maximum absolute atomic E-state index is 12.9. The van der Waals surface area contributed by atoms with Crippen LogP contribution >= 0.6 is 31.9 Å². The summed E-state index contributed by atoms with van der Waals surface area (Å²) in [4.78, 5) is 11.4. The molecule has 5 nitrogen and oxygen atoms in total. The fourth-order valence-electron chi connectivity index (χ4n) is 3.04. The van der Waals surface area contributed by atoms with Crippen LogP contribution in [-0.2, 0) is 30.7 Å². The maximum atomic E-state index is 12.9. The molecule has 2 aromatic carbocycles. The maximum Gasteiger partial charge on any atom is 0.387 e. The third kappa shape index (κ3) is 7.72. The van der Waals surface area contributed by atoms with E-state index in [0.717, 1.165) is 0 Å². The number of halogens is 6. The highest BCUT2D eigenvalue weighted by atomic mass is 79.9. The van der Waals surface area contributed by atoms with E-state index in [-0.39, 0.29) is 43.2 Å². The van der Waals surface area contributed by atoms with E-state index in [9.17, 15) is 22.4 Å². The first-order valence-electron chi connectivity index (χ1n) is 9.49. The van der Waals surface area contributed by atoms with Crippen LogP contribution < -0.4 is 20.9 Å². The van der Waals surface area contributed by atoms with E-state index in [1.807, 2.05) is 0 Å². The number of nitrogens with two attached hydrogens (primary N) is 2. The first-order valence-corrected chi connectivity index (χ1v) is 11.3. The largest absolute Gasteiger partial charge is 0.435 e. The average Bonchev–Trinajstić information content (AvgIpc) is 2.74. The summed E-state index contributed by atoms with van der Waals surface area (Å²) < 4.78 is 60.0. The molecular formula is C21H22Br2F4N2O3. The Morgan fingerprint density at radius 2 is 1.16 bits per heavy atom. The molecule has 0 aromatic heterocycles. The molecule has 0 amide bonds. The molecule has 2 unspecified atom stereocenters. The Morgan fingerprint density at radius 3 is 1.47 bits per heavy atom. The predicted molar refractivity (Wildman–Crippen MR) is 120 cm³/mol. The Hall–Kier alpha value is -1.69. The molecule has 0 saturated carbocycles. The molecule has 32 heavy (non-hydrogen) atoms. The van der Waals surface area contributed by atoms with Gasteiger partial charge in [0.15, 0.2) is 5.78 Å². The SMILES string of the molecule is NCc1ccc(OC(F)F)c(CC(Br)C(=O)C(Br)Cc2cc(CN)ccc2OC(F)F)c1. The number of alkyl halides is 6. The van der Waals surface area contributed by atoms with Gasteiger partial charge in [0.2, 0.25) is 0 Å². The zero-order chi connectivity index (χ0) is 23.8. The van der Waals surface area contributed by atoms with Crippen molar-refractivity contribution in [1.29, 1.82) is 0 Å². The van der Waals surface area contributed by atoms with Gasteiger partial charge in [0.1, 0.15) is 11.5 Å². The van der Waals surface area contributed by atoms with Gasteiger partial charge >= 0.3 is 13.2 Å². The Balaban J connectivity index is 2.18. The zero-order valence-electron chi connectivity index (χ0n) is 16.7. The number of rotatable bonds is 12. The fourth-order valence-corrected chi connectivity index (χ4v) is 4.73. The van der Waals surface area contributed by atoms with Gasteiger partial charge < -0.3 is 20.9 Å². The molecule has 0 fully saturated rings. The molecule has 0 saturated heterocycles. The third-order valence-corrected chi connectivity index (χ3v) is 6.12. The van der Waals surface area contributed by atoms with Crippen LogP contribution in [0.2, 0.25) is 0 Å². The van der Waals surface area contributed by atoms with Crippen molar-refractivity contribution in [3.8, 4) is 11.5 Å². The molecule has 0 heterocycles. The van der Waals surface area contributed by atoms with Gasteiger partial charge in [-0.2, -0.15) is 17.6 Å². The van der Waals surface area contributed by atoms with Crippen LogP contribution in [0.5, 0.6) is 11.5 Å². The molecule has 0 aliphatic carbocycles. The highest BCUT2D eigenvalue weighted by Crippen LogP contribution is 2.29. The molecule has 2 aromatic rings. The second-order valence-electron chi connectivity index (χ2n) is 6.80. The standard InChI is InChI=1S/C21H22Br2F4N2O3/c22-15(7-13-5-11(9-28)1-3-17(13)31-20(24)25)19(30)16(23)8-14-6-12(10-29)2-4-18(14)32-21(26)27/h1-6,15-16,20-21H,7-10,28-29H2. The Labute approximate surface area is 199 Å². The molecule has 0 aliphatic rings. The summed E-state index contributed by atoms with van der Waals surface area (Å²) in [6.07, 6.45) is 0.111. The number of ether oxygens (including phenoxy) is 2. The van der Waals surface area contributed by atoms with E-state index >= 15 is 0 Å². The molecule has 0 spiro atoms. The third-order valence-electron chi connectivity index (χ3n) is 4.57. The normalized spacial score (nSPS) is 13.3. The number of benzene rings is 2. The lowest BCUT2D eigenvalue weighted by Gasteiger charge is -2.18. The van der Waals surface area contributed by atoms with Crippen molar-refractivity contribution < 1.29 is 31.8 Å². The summed E-state index contributed by atoms with van der Waals surface area (Å²) >= 11 is 6.61. The lowest BCUT2D eigenvalue weighted by molar-refractivity contribution is -0.117. The smallest absolute Gasteiger partial charge is 0.387 e. The summed E-state index contributed by atoms with van der Waals surface area (Å²) in [5.74, 6) is -0.417. The van der Waals surface area contributed by atoms with E-state index in [4.69, 9.17) is 11.5 Å². The summed E-state index contributed by atoms with van der Waals surface area (Å²) in [5, 5.41) is 0. The highest BCUT2D eigenvalue weighted by Gasteiger charge is 2.26. The molecule has 4 N–H and O–H groups in total. The minimum absolute atomic E-state index is 0.0520. The van der Waals surface area contributed by atoms with Crippen LogP contribution in [0.4, 0.5) is 17.6 Å². The Morgan fingerprint density at radius 1 is 0.781 bits per heavy atom. The van der Waals surface area contributed by atoms with E-state index < -0.39 is 22.9 Å². The van der Waals surface area contributed by atoms with Crippen LogP contribution in [0.3, 0.4) is 0 Å². The molecule has 2 atom stereocenters. The predicted octanol–water partition coefficient (Wildman–Crippen LogP) is 4.69. The van der Waals surface area contributed by atoms with Crippen molar-refractivity contribution in [3.05, 3.63) is 58.7 Å². The first kappa shape index (κ1) is 26.6. The summed E-state index contributed by atoms with van der Waals surface area (Å²) in [5.41, 5.74) is 13.4. The first-order chi connectivity index (χ1) is 15.1. The molecule has 0 aliphatic heterocycles. The van der Waals surface area contributed by atoms with Crippen molar-refractivity contribution in [2.24, 2.45) is 11.5 Å². The van der Waals surface area contributed by atoms with Gasteiger partial charge in [-0.25, -0.2) is 0 Å². The lowest BCUT2D eigenvalue weighted by Crippen LogP contribution is -2.28. The zero-order valence-corrected chi connectivity index (χ0v) is 19.9. The molecule has 176 valence electrons. The average molecular weight is 586 g/mol. The van der Waals surface area contributed by atoms with E-state index in [2.05, 4.69) is 41.3 Å². The van der Waals surface area contributed by atoms with Gasteiger partial charge in [0.05, 0.1) is 9.65 Å². The molecule has 0 radical (unpaired) electrons. The Bertz CT molecular complexity index is 847. The second kappa shape index (κ2) is 12.5. The van der Waals surface area contributed by atoms with Crippen LogP contribution in [0.15, 0.2) is 36.4 Å². The van der Waals surface area contributed by atoms with E-state index in [1.165, 1.54) is 12.1 Å². The fraction of sp³-hybridized carbons (Fsp3) is 0.381. The van der Waals surface area contributed by atoms with Gasteiger partial charge in [-0.3, -0.25) is 4.79 Å². The minimum Gasteiger partial charge on any atom is -0.435 e. The van der Waals surface area contributed by atoms with Crippen molar-refractivity contribution in [2.75, 3.05) is 0 Å². The van der Waals surface area contributed by atoms with Crippen molar-refractivity contribution in [3.63, 3.8) is 0 Å². The van der Waals surface area contributed by atoms with Gasteiger partial charge in [-0.15, -0.1) is 0 Å². The van der Waals surface area contributed by atoms with Gasteiger partial charge in [0, 0.05) is 13.1 Å². The van der Waals surface area contributed by atoms with Crippen molar-refractivity contribution in [1.82, 2.24) is 0 Å². The quantitative estimate of drug-likeness (QED) is 0.279. The van der Waals surface area contributed by atoms with E-state index in [1.54, 1.807) is 24.3 Å². The van der Waals surface area contributed by atoms with Gasteiger partial charge in [-0.1, -0.05) is 56.1 Å². The number of carbonyl (C=O) groups is 1. The van der Waals surface area contributed by atoms with Gasteiger partial charge in [-0.05, 0) is 47.2 Å². The van der Waals surface area contributed by atoms with Crippen molar-refractivity contribution >= 4 is 37.6 Å². The lowest BCUT2D eigenvalue weighted by atomic mass is 9.99. The molecular weight excluding hydrogens is 564 g/mol. The van der Waals surface area contributed by atoms with Crippen LogP contribution in [0, 0.1) is 0 Å². The molecule has 0 bridgehead atoms. The van der Waals surface area contributed by atoms with Gasteiger partial charge in [0.25, 0.3) is 0 Å². The second-order valence-corrected chi connectivity index (χ2v) is 9.01. The minimum atomic E-state index is -3.02. The van der Waals surface area contributed by atoms with Crippen molar-refractivity contribution in [2.45, 2.75) is 48.8 Å². The molecule has 11 heteroatoms. The molecule has 2 rings (SSSR count). The topological polar surface area (TPSA) is 87.6 Å². The van der Waals surface area contributed by atoms with Crippen LogP contribution in [-0.4, -0.2) is 28.7 Å². The number of ketones is 1. The number of carbonyl (C=O) groups excluding carboxylic acids is 1. The number of hydrogen-bond acceptors (Lipinski definition) is 5. The number of Topliss-reactive ketones (excluding diaryl/α,β-unsaturated/α-hetero) is 1. The summed E-state index contributed by atoms with van der Waals surface area (Å²) in [7, 11) is 0. The summed E-state index contributed by atoms with van der Waals surface area (Å²) in [6, 6.07) is 9.09. The monoisotopic (exact) mass is 584 g/mol.